The number of carbonyl (C=O) groups is 1. The highest BCUT2D eigenvalue weighted by atomic mass is 35.5. The van der Waals surface area contributed by atoms with Crippen LogP contribution in [0, 0.1) is 5.92 Å². The van der Waals surface area contributed by atoms with Crippen LogP contribution >= 0.6 is 11.6 Å². The molecule has 31 heavy (non-hydrogen) atoms. The standard InChI is InChI=1S/C27H29ClN2O/c28-25-15-13-21(14-16-25)17-19-30-18-7-12-24(20-30)27(26(29)31,22-8-3-1-4-9-22)23-10-5-2-6-11-23/h1-6,8-11,13-16,24H,7,12,17-20H2,(H2,29,31)/t24-/m0/s1. The third kappa shape index (κ3) is 4.53. The smallest absolute Gasteiger partial charge is 0.232 e. The predicted molar refractivity (Wildman–Crippen MR) is 127 cm³/mol. The van der Waals surface area contributed by atoms with Crippen molar-refractivity contribution in [3.05, 3.63) is 107 Å². The highest BCUT2D eigenvalue weighted by Gasteiger charge is 2.48. The van der Waals surface area contributed by atoms with Crippen molar-refractivity contribution in [3.8, 4) is 0 Å². The number of amides is 1. The number of carbonyl (C=O) groups excluding carboxylic acids is 1. The van der Waals surface area contributed by atoms with E-state index in [0.29, 0.717) is 0 Å². The van der Waals surface area contributed by atoms with Crippen molar-refractivity contribution in [2.75, 3.05) is 19.6 Å². The topological polar surface area (TPSA) is 46.3 Å². The number of piperidine rings is 1. The van der Waals surface area contributed by atoms with E-state index in [2.05, 4.69) is 17.0 Å². The third-order valence-corrected chi connectivity index (χ3v) is 6.85. The first-order chi connectivity index (χ1) is 15.1. The molecule has 1 aliphatic rings. The van der Waals surface area contributed by atoms with Gasteiger partial charge in [0, 0.05) is 18.1 Å². The van der Waals surface area contributed by atoms with Crippen LogP contribution in [0.4, 0.5) is 0 Å². The van der Waals surface area contributed by atoms with Gasteiger partial charge in [-0.05, 0) is 60.5 Å². The van der Waals surface area contributed by atoms with Crippen LogP contribution in [0.3, 0.4) is 0 Å². The van der Waals surface area contributed by atoms with Gasteiger partial charge in [0.25, 0.3) is 0 Å². The van der Waals surface area contributed by atoms with Crippen molar-refractivity contribution in [1.29, 1.82) is 0 Å². The Kier molecular flexibility index (Phi) is 6.74. The Hall–Kier alpha value is -2.62. The van der Waals surface area contributed by atoms with E-state index in [-0.39, 0.29) is 11.8 Å². The van der Waals surface area contributed by atoms with E-state index in [1.165, 1.54) is 5.56 Å². The number of benzene rings is 3. The van der Waals surface area contributed by atoms with Gasteiger partial charge >= 0.3 is 0 Å². The number of rotatable bonds is 7. The zero-order valence-electron chi connectivity index (χ0n) is 17.7. The van der Waals surface area contributed by atoms with Gasteiger partial charge in [0.1, 0.15) is 5.41 Å². The molecule has 0 unspecified atom stereocenters. The van der Waals surface area contributed by atoms with E-state index in [1.54, 1.807) is 0 Å². The maximum Gasteiger partial charge on any atom is 0.232 e. The minimum atomic E-state index is -0.832. The van der Waals surface area contributed by atoms with E-state index in [4.69, 9.17) is 17.3 Å². The van der Waals surface area contributed by atoms with Crippen molar-refractivity contribution in [2.45, 2.75) is 24.7 Å². The Labute approximate surface area is 189 Å². The number of hydrogen-bond donors (Lipinski definition) is 1. The Morgan fingerprint density at radius 2 is 1.52 bits per heavy atom. The lowest BCUT2D eigenvalue weighted by Gasteiger charge is -2.44. The number of hydrogen-bond acceptors (Lipinski definition) is 2. The van der Waals surface area contributed by atoms with Gasteiger partial charge < -0.3 is 10.6 Å². The highest BCUT2D eigenvalue weighted by molar-refractivity contribution is 6.30. The zero-order chi connectivity index (χ0) is 21.7. The molecule has 3 aromatic rings. The van der Waals surface area contributed by atoms with E-state index >= 15 is 0 Å². The molecule has 3 nitrogen and oxygen atoms in total. The van der Waals surface area contributed by atoms with Gasteiger partial charge in [0.2, 0.25) is 5.91 Å². The molecule has 0 radical (unpaired) electrons. The summed E-state index contributed by atoms with van der Waals surface area (Å²) in [7, 11) is 0. The van der Waals surface area contributed by atoms with Crippen LogP contribution in [-0.2, 0) is 16.6 Å². The average Bonchev–Trinajstić information content (AvgIpc) is 2.81. The summed E-state index contributed by atoms with van der Waals surface area (Å²) in [6.45, 7) is 2.85. The van der Waals surface area contributed by atoms with Crippen LogP contribution in [0.25, 0.3) is 0 Å². The minimum Gasteiger partial charge on any atom is -0.369 e. The lowest BCUT2D eigenvalue weighted by Crippen LogP contribution is -2.53. The summed E-state index contributed by atoms with van der Waals surface area (Å²) in [5.41, 5.74) is 8.64. The molecule has 0 bridgehead atoms. The number of nitrogens with two attached hydrogens (primary N) is 1. The maximum atomic E-state index is 13.2. The molecule has 4 heteroatoms. The zero-order valence-corrected chi connectivity index (χ0v) is 18.5. The van der Waals surface area contributed by atoms with Crippen molar-refractivity contribution < 1.29 is 4.79 Å². The molecule has 0 spiro atoms. The largest absolute Gasteiger partial charge is 0.369 e. The van der Waals surface area contributed by atoms with E-state index in [9.17, 15) is 4.79 Å². The van der Waals surface area contributed by atoms with Gasteiger partial charge in [-0.3, -0.25) is 4.79 Å². The van der Waals surface area contributed by atoms with Crippen molar-refractivity contribution >= 4 is 17.5 Å². The Morgan fingerprint density at radius 3 is 2.06 bits per heavy atom. The normalized spacial score (nSPS) is 17.4. The van der Waals surface area contributed by atoms with Crippen LogP contribution in [0.2, 0.25) is 5.02 Å². The second-order valence-corrected chi connectivity index (χ2v) is 8.86. The molecule has 1 aliphatic heterocycles. The van der Waals surface area contributed by atoms with Crippen molar-refractivity contribution in [2.24, 2.45) is 11.7 Å². The quantitative estimate of drug-likeness (QED) is 0.566. The third-order valence-electron chi connectivity index (χ3n) is 6.59. The molecule has 2 N–H and O–H groups in total. The van der Waals surface area contributed by atoms with Crippen LogP contribution in [0.1, 0.15) is 29.5 Å². The molecule has 1 atom stereocenters. The fourth-order valence-corrected chi connectivity index (χ4v) is 5.20. The molecule has 4 rings (SSSR count). The second kappa shape index (κ2) is 9.67. The summed E-state index contributed by atoms with van der Waals surface area (Å²) < 4.78 is 0. The summed E-state index contributed by atoms with van der Waals surface area (Å²) in [6, 6.07) is 28.2. The minimum absolute atomic E-state index is 0.119. The number of halogens is 1. The van der Waals surface area contributed by atoms with Gasteiger partial charge in [-0.15, -0.1) is 0 Å². The molecule has 1 heterocycles. The number of primary amides is 1. The summed E-state index contributed by atoms with van der Waals surface area (Å²) in [4.78, 5) is 15.7. The van der Waals surface area contributed by atoms with Crippen LogP contribution in [-0.4, -0.2) is 30.4 Å². The molecule has 1 fully saturated rings. The Bertz CT molecular complexity index is 949. The fraction of sp³-hybridized carbons (Fsp3) is 0.296. The molecule has 160 valence electrons. The van der Waals surface area contributed by atoms with Crippen molar-refractivity contribution in [3.63, 3.8) is 0 Å². The summed E-state index contributed by atoms with van der Waals surface area (Å²) >= 11 is 6.02. The van der Waals surface area contributed by atoms with E-state index < -0.39 is 5.41 Å². The monoisotopic (exact) mass is 432 g/mol. The predicted octanol–water partition coefficient (Wildman–Crippen LogP) is 5.07. The fourth-order valence-electron chi connectivity index (χ4n) is 5.08. The first-order valence-electron chi connectivity index (χ1n) is 11.0. The van der Waals surface area contributed by atoms with E-state index in [0.717, 1.165) is 55.0 Å². The van der Waals surface area contributed by atoms with Crippen LogP contribution in [0.15, 0.2) is 84.9 Å². The summed E-state index contributed by atoms with van der Waals surface area (Å²) in [6.07, 6.45) is 2.99. The molecule has 0 aromatic heterocycles. The molecule has 0 aliphatic carbocycles. The highest BCUT2D eigenvalue weighted by Crippen LogP contribution is 2.43. The van der Waals surface area contributed by atoms with Crippen LogP contribution in [0.5, 0.6) is 0 Å². The van der Waals surface area contributed by atoms with Crippen LogP contribution < -0.4 is 5.73 Å². The molecule has 1 amide bonds. The SMILES string of the molecule is NC(=O)C(c1ccccc1)(c1ccccc1)[C@H]1CCCN(CCc2ccc(Cl)cc2)C1. The van der Waals surface area contributed by atoms with Gasteiger partial charge in [0.05, 0.1) is 0 Å². The second-order valence-electron chi connectivity index (χ2n) is 8.42. The molecular weight excluding hydrogens is 404 g/mol. The number of nitrogens with zero attached hydrogens (tertiary/aromatic N) is 1. The lowest BCUT2D eigenvalue weighted by molar-refractivity contribution is -0.124. The van der Waals surface area contributed by atoms with Crippen molar-refractivity contribution in [1.82, 2.24) is 4.90 Å². The first kappa shape index (κ1) is 21.6. The first-order valence-corrected chi connectivity index (χ1v) is 11.4. The molecule has 3 aromatic carbocycles. The summed E-state index contributed by atoms with van der Waals surface area (Å²) in [5, 5.41) is 0.763. The van der Waals surface area contributed by atoms with E-state index in [1.807, 2.05) is 72.8 Å². The number of likely N-dealkylation sites (tertiary alicyclic amines) is 1. The molecular formula is C27H29ClN2O. The lowest BCUT2D eigenvalue weighted by atomic mass is 9.63. The van der Waals surface area contributed by atoms with Gasteiger partial charge in [-0.1, -0.05) is 84.4 Å². The Morgan fingerprint density at radius 1 is 0.935 bits per heavy atom. The van der Waals surface area contributed by atoms with Gasteiger partial charge in [-0.25, -0.2) is 0 Å². The van der Waals surface area contributed by atoms with Gasteiger partial charge in [-0.2, -0.15) is 0 Å². The molecule has 1 saturated heterocycles. The molecule has 0 saturated carbocycles. The average molecular weight is 433 g/mol. The Balaban J connectivity index is 1.63. The maximum absolute atomic E-state index is 13.2. The summed E-state index contributed by atoms with van der Waals surface area (Å²) in [5.74, 6) is -0.150. The van der Waals surface area contributed by atoms with Gasteiger partial charge in [0.15, 0.2) is 0 Å².